The minimum absolute atomic E-state index is 0.558. The average Bonchev–Trinajstić information content (AvgIpc) is 2.63. The van der Waals surface area contributed by atoms with Crippen LogP contribution in [0, 0.1) is 0 Å². The van der Waals surface area contributed by atoms with Gasteiger partial charge in [-0.25, -0.2) is 0 Å². The molecule has 0 amide bonds. The lowest BCUT2D eigenvalue weighted by Gasteiger charge is -1.97. The number of hydrogen-bond donors (Lipinski definition) is 0. The quantitative estimate of drug-likeness (QED) is 0.574. The molecule has 2 heteroatoms. The lowest BCUT2D eigenvalue weighted by molar-refractivity contribution is 0.385. The summed E-state index contributed by atoms with van der Waals surface area (Å²) >= 11 is 0. The molecule has 0 spiro atoms. The molecular formula is C8H11NO. The highest BCUT2D eigenvalue weighted by Crippen LogP contribution is 2.13. The van der Waals surface area contributed by atoms with E-state index in [4.69, 9.17) is 4.74 Å². The minimum Gasteiger partial charge on any atom is -0.373 e. The molecule has 1 unspecified atom stereocenters. The van der Waals surface area contributed by atoms with Crippen LogP contribution in [0.2, 0.25) is 0 Å². The highest BCUT2D eigenvalue weighted by atomic mass is 16.6. The molecular weight excluding hydrogens is 126 g/mol. The molecule has 10 heavy (non-hydrogen) atoms. The van der Waals surface area contributed by atoms with Crippen LogP contribution in [0.4, 0.5) is 0 Å². The molecule has 1 aromatic heterocycles. The SMILES string of the molecule is c1ccn(CCC2CO2)c1. The molecule has 1 atom stereocenters. The number of aryl methyl sites for hydroxylation is 1. The van der Waals surface area contributed by atoms with Crippen LogP contribution in [0.3, 0.4) is 0 Å². The number of epoxide rings is 1. The van der Waals surface area contributed by atoms with Gasteiger partial charge >= 0.3 is 0 Å². The molecule has 1 fully saturated rings. The van der Waals surface area contributed by atoms with Gasteiger partial charge in [0.25, 0.3) is 0 Å². The van der Waals surface area contributed by atoms with Gasteiger partial charge in [-0.2, -0.15) is 0 Å². The molecule has 0 saturated carbocycles. The van der Waals surface area contributed by atoms with Crippen LogP contribution in [0.25, 0.3) is 0 Å². The normalized spacial score (nSPS) is 23.0. The van der Waals surface area contributed by atoms with Crippen molar-refractivity contribution < 1.29 is 4.74 Å². The fraction of sp³-hybridized carbons (Fsp3) is 0.500. The van der Waals surface area contributed by atoms with E-state index in [1.54, 1.807) is 0 Å². The number of ether oxygens (including phenoxy) is 1. The van der Waals surface area contributed by atoms with E-state index in [2.05, 4.69) is 17.0 Å². The van der Waals surface area contributed by atoms with E-state index in [0.717, 1.165) is 19.6 Å². The number of rotatable bonds is 3. The van der Waals surface area contributed by atoms with Crippen molar-refractivity contribution in [3.8, 4) is 0 Å². The highest BCUT2D eigenvalue weighted by Gasteiger charge is 2.21. The van der Waals surface area contributed by atoms with E-state index in [1.165, 1.54) is 0 Å². The van der Waals surface area contributed by atoms with Crippen molar-refractivity contribution in [3.05, 3.63) is 24.5 Å². The molecule has 1 aliphatic rings. The van der Waals surface area contributed by atoms with Crippen LogP contribution >= 0.6 is 0 Å². The van der Waals surface area contributed by atoms with E-state index < -0.39 is 0 Å². The molecule has 54 valence electrons. The van der Waals surface area contributed by atoms with Gasteiger partial charge in [0.1, 0.15) is 0 Å². The zero-order valence-corrected chi connectivity index (χ0v) is 5.86. The van der Waals surface area contributed by atoms with Crippen molar-refractivity contribution >= 4 is 0 Å². The number of aromatic nitrogens is 1. The molecule has 2 nitrogen and oxygen atoms in total. The van der Waals surface area contributed by atoms with E-state index in [0.29, 0.717) is 6.10 Å². The second kappa shape index (κ2) is 2.46. The third kappa shape index (κ3) is 1.39. The van der Waals surface area contributed by atoms with Gasteiger partial charge in [0.2, 0.25) is 0 Å². The first kappa shape index (κ1) is 5.98. The second-order valence-electron chi connectivity index (χ2n) is 2.66. The van der Waals surface area contributed by atoms with Gasteiger partial charge in [-0.05, 0) is 18.6 Å². The van der Waals surface area contributed by atoms with Crippen molar-refractivity contribution in [2.45, 2.75) is 19.1 Å². The molecule has 0 aromatic carbocycles. The summed E-state index contributed by atoms with van der Waals surface area (Å²) in [6.07, 6.45) is 5.89. The summed E-state index contributed by atoms with van der Waals surface area (Å²) < 4.78 is 7.28. The predicted octanol–water partition coefficient (Wildman–Crippen LogP) is 1.28. The Morgan fingerprint density at radius 2 is 2.10 bits per heavy atom. The second-order valence-corrected chi connectivity index (χ2v) is 2.66. The zero-order chi connectivity index (χ0) is 6.81. The van der Waals surface area contributed by atoms with Crippen molar-refractivity contribution in [2.24, 2.45) is 0 Å². The topological polar surface area (TPSA) is 17.5 Å². The summed E-state index contributed by atoms with van der Waals surface area (Å²) in [6, 6.07) is 4.10. The third-order valence-corrected chi connectivity index (χ3v) is 1.78. The van der Waals surface area contributed by atoms with Gasteiger partial charge in [-0.3, -0.25) is 0 Å². The first-order chi connectivity index (χ1) is 4.95. The van der Waals surface area contributed by atoms with E-state index in [9.17, 15) is 0 Å². The molecule has 1 aliphatic heterocycles. The van der Waals surface area contributed by atoms with Gasteiger partial charge in [-0.15, -0.1) is 0 Å². The standard InChI is InChI=1S/C8H11NO/c1-2-5-9(4-1)6-3-8-7-10-8/h1-2,4-5,8H,3,6-7H2. The first-order valence-corrected chi connectivity index (χ1v) is 3.67. The summed E-state index contributed by atoms with van der Waals surface area (Å²) in [4.78, 5) is 0. The summed E-state index contributed by atoms with van der Waals surface area (Å²) in [5, 5.41) is 0. The smallest absolute Gasteiger partial charge is 0.0826 e. The third-order valence-electron chi connectivity index (χ3n) is 1.78. The van der Waals surface area contributed by atoms with Crippen molar-refractivity contribution in [2.75, 3.05) is 6.61 Å². The van der Waals surface area contributed by atoms with E-state index in [-0.39, 0.29) is 0 Å². The van der Waals surface area contributed by atoms with Crippen molar-refractivity contribution in [1.29, 1.82) is 0 Å². The van der Waals surface area contributed by atoms with Gasteiger partial charge in [-0.1, -0.05) is 0 Å². The fourth-order valence-electron chi connectivity index (χ4n) is 1.05. The highest BCUT2D eigenvalue weighted by molar-refractivity contribution is 4.90. The van der Waals surface area contributed by atoms with Crippen LogP contribution < -0.4 is 0 Å². The molecule has 0 bridgehead atoms. The summed E-state index contributed by atoms with van der Waals surface area (Å²) in [5.41, 5.74) is 0. The Morgan fingerprint density at radius 1 is 1.40 bits per heavy atom. The summed E-state index contributed by atoms with van der Waals surface area (Å²) in [5.74, 6) is 0. The zero-order valence-electron chi connectivity index (χ0n) is 5.86. The largest absolute Gasteiger partial charge is 0.373 e. The van der Waals surface area contributed by atoms with Crippen LogP contribution in [0.5, 0.6) is 0 Å². The molecule has 0 N–H and O–H groups in total. The minimum atomic E-state index is 0.558. The van der Waals surface area contributed by atoms with Gasteiger partial charge < -0.3 is 9.30 Å². The molecule has 0 radical (unpaired) electrons. The van der Waals surface area contributed by atoms with Crippen molar-refractivity contribution in [3.63, 3.8) is 0 Å². The monoisotopic (exact) mass is 137 g/mol. The van der Waals surface area contributed by atoms with Crippen molar-refractivity contribution in [1.82, 2.24) is 4.57 Å². The maximum Gasteiger partial charge on any atom is 0.0826 e. The Hall–Kier alpha value is -0.760. The summed E-state index contributed by atoms with van der Waals surface area (Å²) in [7, 11) is 0. The molecule has 1 aromatic rings. The average molecular weight is 137 g/mol. The Balaban J connectivity index is 1.79. The Labute approximate surface area is 60.4 Å². The van der Waals surface area contributed by atoms with E-state index in [1.807, 2.05) is 12.1 Å². The lowest BCUT2D eigenvalue weighted by atomic mass is 10.3. The van der Waals surface area contributed by atoms with Gasteiger partial charge in [0.05, 0.1) is 12.7 Å². The molecule has 2 heterocycles. The maximum atomic E-state index is 5.09. The van der Waals surface area contributed by atoms with Crippen LogP contribution in [0.1, 0.15) is 6.42 Å². The lowest BCUT2D eigenvalue weighted by Crippen LogP contribution is -1.97. The number of hydrogen-bond acceptors (Lipinski definition) is 1. The van der Waals surface area contributed by atoms with Gasteiger partial charge in [0.15, 0.2) is 0 Å². The summed E-state index contributed by atoms with van der Waals surface area (Å²) in [6.45, 7) is 2.07. The maximum absolute atomic E-state index is 5.09. The van der Waals surface area contributed by atoms with E-state index >= 15 is 0 Å². The predicted molar refractivity (Wildman–Crippen MR) is 38.8 cm³/mol. The van der Waals surface area contributed by atoms with Crippen LogP contribution in [-0.2, 0) is 11.3 Å². The fourth-order valence-corrected chi connectivity index (χ4v) is 1.05. The Bertz CT molecular complexity index is 189. The molecule has 1 saturated heterocycles. The van der Waals surface area contributed by atoms with Crippen LogP contribution in [-0.4, -0.2) is 17.3 Å². The Kier molecular flexibility index (Phi) is 1.47. The molecule has 2 rings (SSSR count). The van der Waals surface area contributed by atoms with Crippen LogP contribution in [0.15, 0.2) is 24.5 Å². The number of nitrogens with zero attached hydrogens (tertiary/aromatic N) is 1. The first-order valence-electron chi connectivity index (χ1n) is 3.67. The Morgan fingerprint density at radius 3 is 2.70 bits per heavy atom. The van der Waals surface area contributed by atoms with Gasteiger partial charge in [0, 0.05) is 18.9 Å². The molecule has 0 aliphatic carbocycles.